The van der Waals surface area contributed by atoms with E-state index in [1.807, 2.05) is 5.38 Å². The van der Waals surface area contributed by atoms with Gasteiger partial charge < -0.3 is 14.6 Å². The molecule has 3 aromatic rings. The summed E-state index contributed by atoms with van der Waals surface area (Å²) in [6.07, 6.45) is 0. The van der Waals surface area contributed by atoms with E-state index in [2.05, 4.69) is 10.3 Å². The van der Waals surface area contributed by atoms with Crippen LogP contribution in [-0.4, -0.2) is 35.7 Å². The topological polar surface area (TPSA) is 97.8 Å². The molecule has 1 heterocycles. The van der Waals surface area contributed by atoms with Gasteiger partial charge >= 0.3 is 5.97 Å². The van der Waals surface area contributed by atoms with Crippen molar-refractivity contribution in [1.29, 1.82) is 0 Å². The van der Waals surface area contributed by atoms with Gasteiger partial charge in [-0.3, -0.25) is 10.1 Å². The van der Waals surface area contributed by atoms with Gasteiger partial charge in [-0.15, -0.1) is 11.3 Å². The second-order valence-corrected chi connectivity index (χ2v) is 6.29. The largest absolute Gasteiger partial charge is 0.497 e. The molecule has 0 aliphatic heterocycles. The van der Waals surface area contributed by atoms with Crippen LogP contribution in [0.4, 0.5) is 5.13 Å². The Balaban J connectivity index is 1.67. The second kappa shape index (κ2) is 8.33. The molecule has 0 unspecified atom stereocenters. The van der Waals surface area contributed by atoms with Crippen LogP contribution in [0.25, 0.3) is 11.3 Å². The van der Waals surface area contributed by atoms with E-state index in [4.69, 9.17) is 14.6 Å². The molecule has 2 aromatic carbocycles. The molecule has 3 rings (SSSR count). The smallest absolute Gasteiger partial charge is 0.341 e. The van der Waals surface area contributed by atoms with Crippen LogP contribution < -0.4 is 14.8 Å². The average Bonchev–Trinajstić information content (AvgIpc) is 3.15. The Morgan fingerprint density at radius 1 is 1.15 bits per heavy atom. The van der Waals surface area contributed by atoms with Crippen molar-refractivity contribution in [2.75, 3.05) is 19.0 Å². The van der Waals surface area contributed by atoms with Crippen LogP contribution in [-0.2, 0) is 4.79 Å². The Hall–Kier alpha value is -3.39. The molecule has 7 nitrogen and oxygen atoms in total. The first-order valence-corrected chi connectivity index (χ1v) is 8.79. The molecule has 0 atom stereocenters. The number of rotatable bonds is 7. The summed E-state index contributed by atoms with van der Waals surface area (Å²) in [5.74, 6) is -0.238. The molecular weight excluding hydrogens is 368 g/mol. The van der Waals surface area contributed by atoms with Crippen LogP contribution in [0.1, 0.15) is 10.4 Å². The first-order valence-electron chi connectivity index (χ1n) is 7.91. The number of carboxylic acids is 1. The highest BCUT2D eigenvalue weighted by molar-refractivity contribution is 7.14. The highest BCUT2D eigenvalue weighted by atomic mass is 32.1. The van der Waals surface area contributed by atoms with Gasteiger partial charge in [0.1, 0.15) is 11.5 Å². The van der Waals surface area contributed by atoms with Crippen molar-refractivity contribution >= 4 is 28.3 Å². The van der Waals surface area contributed by atoms with Crippen molar-refractivity contribution in [2.45, 2.75) is 0 Å². The first-order chi connectivity index (χ1) is 13.0. The summed E-state index contributed by atoms with van der Waals surface area (Å²) in [6, 6.07) is 13.8. The number of aliphatic carboxylic acids is 1. The Morgan fingerprint density at radius 3 is 2.63 bits per heavy atom. The summed E-state index contributed by atoms with van der Waals surface area (Å²) in [5.41, 5.74) is 2.01. The number of amides is 1. The zero-order valence-electron chi connectivity index (χ0n) is 14.3. The Bertz CT molecular complexity index is 953. The lowest BCUT2D eigenvalue weighted by atomic mass is 10.2. The minimum atomic E-state index is -1.03. The van der Waals surface area contributed by atoms with Crippen LogP contribution in [0.5, 0.6) is 11.5 Å². The number of thiazole rings is 1. The van der Waals surface area contributed by atoms with E-state index < -0.39 is 12.6 Å². The van der Waals surface area contributed by atoms with Crippen LogP contribution in [0.15, 0.2) is 53.9 Å². The molecule has 2 N–H and O–H groups in total. The van der Waals surface area contributed by atoms with Crippen LogP contribution in [0.3, 0.4) is 0 Å². The Kier molecular flexibility index (Phi) is 5.68. The molecular formula is C19H16N2O5S. The van der Waals surface area contributed by atoms with Gasteiger partial charge in [0.15, 0.2) is 11.7 Å². The molecule has 0 spiro atoms. The second-order valence-electron chi connectivity index (χ2n) is 5.43. The summed E-state index contributed by atoms with van der Waals surface area (Å²) < 4.78 is 10.2. The van der Waals surface area contributed by atoms with Gasteiger partial charge in [-0.2, -0.15) is 0 Å². The maximum Gasteiger partial charge on any atom is 0.341 e. The fraction of sp³-hybridized carbons (Fsp3) is 0.105. The van der Waals surface area contributed by atoms with E-state index in [0.717, 1.165) is 5.56 Å². The van der Waals surface area contributed by atoms with Crippen molar-refractivity contribution in [3.63, 3.8) is 0 Å². The van der Waals surface area contributed by atoms with Crippen LogP contribution in [0.2, 0.25) is 0 Å². The van der Waals surface area contributed by atoms with E-state index in [1.54, 1.807) is 55.6 Å². The highest BCUT2D eigenvalue weighted by Gasteiger charge is 2.11. The molecule has 138 valence electrons. The fourth-order valence-corrected chi connectivity index (χ4v) is 2.98. The highest BCUT2D eigenvalue weighted by Crippen LogP contribution is 2.27. The Labute approximate surface area is 159 Å². The molecule has 8 heteroatoms. The standard InChI is InChI=1S/C19H16N2O5S/c1-25-15-4-2-3-13(9-15)18(24)21-19-20-16(11-27-19)12-5-7-14(8-6-12)26-10-17(22)23/h2-9,11H,10H2,1H3,(H,22,23)(H,20,21,24). The van der Waals surface area contributed by atoms with Gasteiger partial charge in [-0.25, -0.2) is 9.78 Å². The van der Waals surface area contributed by atoms with Gasteiger partial charge in [0.05, 0.1) is 12.8 Å². The number of carboxylic acid groups (broad SMARTS) is 1. The summed E-state index contributed by atoms with van der Waals surface area (Å²) in [6.45, 7) is -0.392. The zero-order chi connectivity index (χ0) is 19.2. The molecule has 1 aromatic heterocycles. The summed E-state index contributed by atoms with van der Waals surface area (Å²) in [4.78, 5) is 27.3. The maximum atomic E-state index is 12.3. The normalized spacial score (nSPS) is 10.3. The lowest BCUT2D eigenvalue weighted by molar-refractivity contribution is -0.139. The SMILES string of the molecule is COc1cccc(C(=O)Nc2nc(-c3ccc(OCC(=O)O)cc3)cs2)c1. The number of carbonyl (C=O) groups is 2. The van der Waals surface area contributed by atoms with Crippen molar-refractivity contribution in [1.82, 2.24) is 4.98 Å². The maximum absolute atomic E-state index is 12.3. The third-order valence-corrected chi connectivity index (χ3v) is 4.33. The average molecular weight is 384 g/mol. The van der Waals surface area contributed by atoms with Crippen molar-refractivity contribution in [2.24, 2.45) is 0 Å². The predicted molar refractivity (Wildman–Crippen MR) is 102 cm³/mol. The minimum Gasteiger partial charge on any atom is -0.497 e. The summed E-state index contributed by atoms with van der Waals surface area (Å²) in [7, 11) is 1.54. The number of hydrogen-bond acceptors (Lipinski definition) is 6. The predicted octanol–water partition coefficient (Wildman–Crippen LogP) is 3.53. The number of anilines is 1. The number of methoxy groups -OCH3 is 1. The van der Waals surface area contributed by atoms with Crippen molar-refractivity contribution < 1.29 is 24.2 Å². The number of aromatic nitrogens is 1. The van der Waals surface area contributed by atoms with Crippen molar-refractivity contribution in [3.05, 3.63) is 59.5 Å². The molecule has 0 aliphatic carbocycles. The number of carbonyl (C=O) groups excluding carboxylic acids is 1. The van der Waals surface area contributed by atoms with E-state index in [9.17, 15) is 9.59 Å². The molecule has 0 fully saturated rings. The monoisotopic (exact) mass is 384 g/mol. The lowest BCUT2D eigenvalue weighted by Crippen LogP contribution is -2.11. The molecule has 0 saturated carbocycles. The number of ether oxygens (including phenoxy) is 2. The van der Waals surface area contributed by atoms with Crippen LogP contribution >= 0.6 is 11.3 Å². The molecule has 0 radical (unpaired) electrons. The lowest BCUT2D eigenvalue weighted by Gasteiger charge is -2.04. The van der Waals surface area contributed by atoms with Gasteiger partial charge in [0.25, 0.3) is 5.91 Å². The molecule has 0 aliphatic rings. The minimum absolute atomic E-state index is 0.271. The van der Waals surface area contributed by atoms with E-state index in [1.165, 1.54) is 11.3 Å². The van der Waals surface area contributed by atoms with Gasteiger partial charge in [-0.05, 0) is 42.5 Å². The molecule has 0 bridgehead atoms. The van der Waals surface area contributed by atoms with E-state index >= 15 is 0 Å². The summed E-state index contributed by atoms with van der Waals surface area (Å²) in [5, 5.41) is 13.7. The van der Waals surface area contributed by atoms with Gasteiger partial charge in [-0.1, -0.05) is 6.07 Å². The van der Waals surface area contributed by atoms with E-state index in [-0.39, 0.29) is 5.91 Å². The van der Waals surface area contributed by atoms with Crippen molar-refractivity contribution in [3.8, 4) is 22.8 Å². The first kappa shape index (κ1) is 18.4. The third kappa shape index (κ3) is 4.83. The number of nitrogens with one attached hydrogen (secondary N) is 1. The third-order valence-electron chi connectivity index (χ3n) is 3.57. The number of benzene rings is 2. The molecule has 1 amide bonds. The number of nitrogens with zero attached hydrogens (tertiary/aromatic N) is 1. The zero-order valence-corrected chi connectivity index (χ0v) is 15.2. The molecule has 0 saturated heterocycles. The van der Waals surface area contributed by atoms with Crippen LogP contribution in [0, 0.1) is 0 Å². The number of hydrogen-bond donors (Lipinski definition) is 2. The van der Waals surface area contributed by atoms with Gasteiger partial charge in [0.2, 0.25) is 0 Å². The van der Waals surface area contributed by atoms with Gasteiger partial charge in [0, 0.05) is 16.5 Å². The fourth-order valence-electron chi connectivity index (χ4n) is 2.26. The Morgan fingerprint density at radius 2 is 1.93 bits per heavy atom. The quantitative estimate of drug-likeness (QED) is 0.647. The molecule has 27 heavy (non-hydrogen) atoms. The van der Waals surface area contributed by atoms with E-state index in [0.29, 0.717) is 27.9 Å². The summed E-state index contributed by atoms with van der Waals surface area (Å²) >= 11 is 1.31.